The monoisotopic (exact) mass is 768 g/mol. The Kier molecular flexibility index (Phi) is 14.6. The van der Waals surface area contributed by atoms with E-state index in [0.29, 0.717) is 49.2 Å². The van der Waals surface area contributed by atoms with E-state index in [2.05, 4.69) is 0 Å². The Labute approximate surface area is 321 Å². The van der Waals surface area contributed by atoms with Gasteiger partial charge in [-0.1, -0.05) is 78.4 Å². The second-order valence-electron chi connectivity index (χ2n) is 12.8. The Hall–Kier alpha value is -5.53. The smallest absolute Gasteiger partial charge is 0.297 e. The number of carbonyl (C=O) groups is 2. The molecule has 0 aliphatic carbocycles. The standard InChI is InChI=1S/C18H18O4.C15H14O3.C10H12O4S/c1-13(19)17-9-15(20-10-14-5-3-2-4-6-14)7-8-18(17)22-12-16-11-21-16;1-11(16)14-9-13(7-8-15(14)17)18-10-12-5-3-2-4-6-12;1-8-2-4-10(5-3-8)15(11,12)14-7-9-6-13-9/h2-9,16H,10-12H2,1H3;2-9,17H,10H2,1H3;2-5,9H,6-7H2,1H3/t16-;;9-/m0.0/s1. The SMILES string of the molecule is CC(=O)c1cc(OCc2ccccc2)ccc1O.CC(=O)c1cc(OCc2ccccc2)ccc1OC[C@@H]1CO1.Cc1ccc(S(=O)(=O)OC[C@@H]2CO2)cc1. The van der Waals surface area contributed by atoms with Crippen LogP contribution in [0.5, 0.6) is 23.0 Å². The van der Waals surface area contributed by atoms with Crippen LogP contribution >= 0.6 is 0 Å². The molecule has 5 aromatic rings. The lowest BCUT2D eigenvalue weighted by atomic mass is 10.1. The highest BCUT2D eigenvalue weighted by Crippen LogP contribution is 2.27. The van der Waals surface area contributed by atoms with E-state index in [1.54, 1.807) is 48.5 Å². The van der Waals surface area contributed by atoms with Gasteiger partial charge in [-0.05, 0) is 80.4 Å². The first-order valence-corrected chi connectivity index (χ1v) is 19.0. The molecule has 2 heterocycles. The molecule has 2 fully saturated rings. The molecule has 0 bridgehead atoms. The van der Waals surface area contributed by atoms with E-state index in [0.717, 1.165) is 23.3 Å². The first-order valence-electron chi connectivity index (χ1n) is 17.6. The number of phenolic OH excluding ortho intramolecular Hbond substituents is 1. The van der Waals surface area contributed by atoms with Crippen LogP contribution in [0.15, 0.2) is 126 Å². The van der Waals surface area contributed by atoms with Gasteiger partial charge in [0.25, 0.3) is 10.1 Å². The molecule has 0 saturated carbocycles. The predicted molar refractivity (Wildman–Crippen MR) is 205 cm³/mol. The van der Waals surface area contributed by atoms with Crippen LogP contribution in [0.25, 0.3) is 0 Å². The Balaban J connectivity index is 0.000000161. The number of hydrogen-bond acceptors (Lipinski definition) is 11. The van der Waals surface area contributed by atoms with Gasteiger partial charge in [0.05, 0.1) is 35.8 Å². The van der Waals surface area contributed by atoms with Gasteiger partial charge in [-0.3, -0.25) is 13.8 Å². The van der Waals surface area contributed by atoms with Gasteiger partial charge in [-0.2, -0.15) is 8.42 Å². The van der Waals surface area contributed by atoms with Crippen LogP contribution in [0.2, 0.25) is 0 Å². The number of aromatic hydroxyl groups is 1. The highest BCUT2D eigenvalue weighted by molar-refractivity contribution is 7.86. The summed E-state index contributed by atoms with van der Waals surface area (Å²) in [6.45, 7) is 7.64. The molecule has 55 heavy (non-hydrogen) atoms. The molecule has 288 valence electrons. The summed E-state index contributed by atoms with van der Waals surface area (Å²) in [5, 5.41) is 9.51. The van der Waals surface area contributed by atoms with Gasteiger partial charge in [0.2, 0.25) is 0 Å². The fourth-order valence-corrected chi connectivity index (χ4v) is 5.75. The highest BCUT2D eigenvalue weighted by Gasteiger charge is 2.26. The van der Waals surface area contributed by atoms with Crippen LogP contribution in [0.1, 0.15) is 51.3 Å². The average Bonchev–Trinajstić information content (AvgIpc) is 4.13. The molecule has 0 unspecified atom stereocenters. The van der Waals surface area contributed by atoms with Crippen molar-refractivity contribution >= 4 is 21.7 Å². The second-order valence-corrected chi connectivity index (χ2v) is 14.4. The fourth-order valence-electron chi connectivity index (χ4n) is 4.82. The number of carbonyl (C=O) groups excluding carboxylic acids is 2. The Morgan fingerprint density at radius 3 is 1.65 bits per heavy atom. The summed E-state index contributed by atoms with van der Waals surface area (Å²) in [7, 11) is -3.61. The van der Waals surface area contributed by atoms with Crippen LogP contribution < -0.4 is 14.2 Å². The summed E-state index contributed by atoms with van der Waals surface area (Å²) >= 11 is 0. The van der Waals surface area contributed by atoms with E-state index in [1.165, 1.54) is 19.9 Å². The van der Waals surface area contributed by atoms with Crippen molar-refractivity contribution in [2.45, 2.75) is 51.1 Å². The summed E-state index contributed by atoms with van der Waals surface area (Å²) in [5.74, 6) is 1.56. The number of epoxide rings is 2. The number of benzene rings is 5. The number of ketones is 2. The highest BCUT2D eigenvalue weighted by atomic mass is 32.2. The van der Waals surface area contributed by atoms with Gasteiger partial charge in [-0.15, -0.1) is 0 Å². The van der Waals surface area contributed by atoms with Crippen molar-refractivity contribution in [2.75, 3.05) is 26.4 Å². The molecule has 11 nitrogen and oxygen atoms in total. The maximum absolute atomic E-state index is 11.8. The molecule has 2 atom stereocenters. The minimum atomic E-state index is -3.61. The lowest BCUT2D eigenvalue weighted by Gasteiger charge is -2.12. The summed E-state index contributed by atoms with van der Waals surface area (Å²) in [6.07, 6.45) is 0.110. The number of hydrogen-bond donors (Lipinski definition) is 1. The van der Waals surface area contributed by atoms with E-state index in [9.17, 15) is 23.1 Å². The van der Waals surface area contributed by atoms with Gasteiger partial charge >= 0.3 is 0 Å². The number of aryl methyl sites for hydroxylation is 1. The van der Waals surface area contributed by atoms with Gasteiger partial charge in [0.1, 0.15) is 55.0 Å². The molecule has 2 aliphatic rings. The predicted octanol–water partition coefficient (Wildman–Crippen LogP) is 7.52. The summed E-state index contributed by atoms with van der Waals surface area (Å²) in [6, 6.07) is 36.2. The van der Waals surface area contributed by atoms with E-state index in [1.807, 2.05) is 73.7 Å². The molecule has 0 spiro atoms. The minimum absolute atomic E-state index is 0.0189. The van der Waals surface area contributed by atoms with Crippen molar-refractivity contribution in [1.82, 2.24) is 0 Å². The van der Waals surface area contributed by atoms with Crippen LogP contribution in [0.4, 0.5) is 0 Å². The maximum atomic E-state index is 11.8. The molecule has 0 aromatic heterocycles. The van der Waals surface area contributed by atoms with Crippen molar-refractivity contribution in [2.24, 2.45) is 0 Å². The molecule has 7 rings (SSSR count). The molecule has 0 amide bonds. The third-order valence-corrected chi connectivity index (χ3v) is 9.42. The zero-order valence-corrected chi connectivity index (χ0v) is 31.7. The first kappa shape index (κ1) is 40.7. The molecule has 1 N–H and O–H groups in total. The lowest BCUT2D eigenvalue weighted by Crippen LogP contribution is -2.10. The van der Waals surface area contributed by atoms with E-state index in [-0.39, 0.29) is 46.6 Å². The third-order valence-electron chi connectivity index (χ3n) is 8.12. The Morgan fingerprint density at radius 1 is 0.655 bits per heavy atom. The lowest BCUT2D eigenvalue weighted by molar-refractivity contribution is 0.100. The van der Waals surface area contributed by atoms with E-state index >= 15 is 0 Å². The number of ether oxygens (including phenoxy) is 5. The first-order chi connectivity index (χ1) is 26.5. The van der Waals surface area contributed by atoms with Crippen LogP contribution in [0, 0.1) is 6.92 Å². The number of rotatable bonds is 15. The fraction of sp³-hybridized carbons (Fsp3) is 0.256. The van der Waals surface area contributed by atoms with Crippen molar-refractivity contribution in [3.8, 4) is 23.0 Å². The second kappa shape index (κ2) is 19.7. The van der Waals surface area contributed by atoms with Crippen LogP contribution in [0.3, 0.4) is 0 Å². The van der Waals surface area contributed by atoms with Crippen molar-refractivity contribution in [1.29, 1.82) is 0 Å². The number of Topliss-reactive ketones (excluding diaryl/α,β-unsaturated/α-hetero) is 2. The largest absolute Gasteiger partial charge is 0.507 e. The topological polar surface area (TPSA) is 150 Å². The van der Waals surface area contributed by atoms with Gasteiger partial charge in [-0.25, -0.2) is 0 Å². The van der Waals surface area contributed by atoms with E-state index < -0.39 is 10.1 Å². The average molecular weight is 769 g/mol. The third kappa shape index (κ3) is 13.7. The zero-order valence-electron chi connectivity index (χ0n) is 30.9. The molecule has 2 saturated heterocycles. The number of phenols is 1. The molecule has 0 radical (unpaired) electrons. The van der Waals surface area contributed by atoms with Gasteiger partial charge < -0.3 is 28.8 Å². The summed E-state index contributed by atoms with van der Waals surface area (Å²) in [4.78, 5) is 23.3. The van der Waals surface area contributed by atoms with Crippen molar-refractivity contribution < 1.29 is 51.0 Å². The van der Waals surface area contributed by atoms with Crippen LogP contribution in [-0.4, -0.2) is 63.7 Å². The maximum Gasteiger partial charge on any atom is 0.297 e. The van der Waals surface area contributed by atoms with Crippen LogP contribution in [-0.2, 0) is 37.0 Å². The Bertz CT molecular complexity index is 2110. The molecular weight excluding hydrogens is 725 g/mol. The quantitative estimate of drug-likeness (QED) is 0.0640. The molecular formula is C43H44O11S. The normalized spacial score (nSPS) is 15.3. The molecule has 12 heteroatoms. The summed E-state index contributed by atoms with van der Waals surface area (Å²) in [5.41, 5.74) is 3.96. The molecule has 2 aliphatic heterocycles. The Morgan fingerprint density at radius 2 is 1.15 bits per heavy atom. The van der Waals surface area contributed by atoms with Crippen molar-refractivity contribution in [3.63, 3.8) is 0 Å². The zero-order chi connectivity index (χ0) is 39.2. The van der Waals surface area contributed by atoms with Crippen molar-refractivity contribution in [3.05, 3.63) is 149 Å². The van der Waals surface area contributed by atoms with E-state index in [4.69, 9.17) is 27.9 Å². The summed E-state index contributed by atoms with van der Waals surface area (Å²) < 4.78 is 55.0. The minimum Gasteiger partial charge on any atom is -0.507 e. The van der Waals surface area contributed by atoms with Gasteiger partial charge in [0.15, 0.2) is 11.6 Å². The van der Waals surface area contributed by atoms with Gasteiger partial charge in [0, 0.05) is 0 Å². The molecule has 5 aromatic carbocycles.